The summed E-state index contributed by atoms with van der Waals surface area (Å²) in [6.45, 7) is 0. The van der Waals surface area contributed by atoms with Gasteiger partial charge in [0.15, 0.2) is 5.78 Å². The second-order valence-corrected chi connectivity index (χ2v) is 3.37. The van der Waals surface area contributed by atoms with Gasteiger partial charge in [-0.3, -0.25) is 9.59 Å². The number of halogens is 3. The van der Waals surface area contributed by atoms with Crippen LogP contribution in [-0.2, 0) is 14.3 Å². The molecule has 2 atom stereocenters. The Hall–Kier alpha value is -0.530. The van der Waals surface area contributed by atoms with Crippen molar-refractivity contribution in [2.45, 2.75) is 12.6 Å². The van der Waals surface area contributed by atoms with E-state index in [1.165, 1.54) is 0 Å². The number of alkyl halides is 3. The Labute approximate surface area is 117 Å². The summed E-state index contributed by atoms with van der Waals surface area (Å²) in [6.07, 6.45) is -5.16. The first-order valence-corrected chi connectivity index (χ1v) is 4.33. The SMILES string of the molecule is COC(=O)C1C(=O)C=C([O-])CC1C(F)(F)F.[Na+]. The normalized spacial score (nSPS) is 24.7. The summed E-state index contributed by atoms with van der Waals surface area (Å²) in [7, 11) is 0.888. The number of esters is 1. The van der Waals surface area contributed by atoms with E-state index in [0.717, 1.165) is 7.11 Å². The number of ketones is 1. The third-order valence-electron chi connectivity index (χ3n) is 2.31. The van der Waals surface area contributed by atoms with Crippen LogP contribution in [0.2, 0.25) is 0 Å². The smallest absolute Gasteiger partial charge is 0.875 e. The first-order chi connectivity index (χ1) is 7.27. The molecule has 0 aliphatic heterocycles. The monoisotopic (exact) mass is 260 g/mol. The van der Waals surface area contributed by atoms with Crippen molar-refractivity contribution in [2.24, 2.45) is 11.8 Å². The van der Waals surface area contributed by atoms with E-state index >= 15 is 0 Å². The van der Waals surface area contributed by atoms with Gasteiger partial charge in [0.25, 0.3) is 0 Å². The van der Waals surface area contributed by atoms with Crippen molar-refractivity contribution in [1.29, 1.82) is 0 Å². The Morgan fingerprint density at radius 2 is 2.06 bits per heavy atom. The van der Waals surface area contributed by atoms with E-state index in [4.69, 9.17) is 0 Å². The van der Waals surface area contributed by atoms with Gasteiger partial charge in [-0.2, -0.15) is 13.2 Å². The van der Waals surface area contributed by atoms with Crippen LogP contribution in [0.25, 0.3) is 0 Å². The minimum atomic E-state index is -4.78. The molecule has 0 heterocycles. The Balaban J connectivity index is 0.00000256. The van der Waals surface area contributed by atoms with Gasteiger partial charge in [-0.1, -0.05) is 0 Å². The quantitative estimate of drug-likeness (QED) is 0.290. The molecule has 1 aliphatic carbocycles. The number of carbonyl (C=O) groups excluding carboxylic acids is 2. The van der Waals surface area contributed by atoms with Gasteiger partial charge >= 0.3 is 41.7 Å². The fourth-order valence-electron chi connectivity index (χ4n) is 1.55. The topological polar surface area (TPSA) is 66.4 Å². The molecule has 1 rings (SSSR count). The number of methoxy groups -OCH3 is 1. The summed E-state index contributed by atoms with van der Waals surface area (Å²) in [5.41, 5.74) is 0. The molecule has 0 spiro atoms. The van der Waals surface area contributed by atoms with Crippen LogP contribution >= 0.6 is 0 Å². The summed E-state index contributed by atoms with van der Waals surface area (Å²) in [5, 5.41) is 10.9. The van der Waals surface area contributed by atoms with Gasteiger partial charge in [0.05, 0.1) is 13.0 Å². The van der Waals surface area contributed by atoms with Crippen LogP contribution in [0.3, 0.4) is 0 Å². The van der Waals surface area contributed by atoms with Crippen LogP contribution in [0, 0.1) is 11.8 Å². The van der Waals surface area contributed by atoms with Crippen LogP contribution < -0.4 is 34.7 Å². The second-order valence-electron chi connectivity index (χ2n) is 3.37. The van der Waals surface area contributed by atoms with Gasteiger partial charge in [-0.15, -0.1) is 5.76 Å². The number of hydrogen-bond donors (Lipinski definition) is 0. The summed E-state index contributed by atoms with van der Waals surface area (Å²) in [6, 6.07) is 0. The zero-order valence-corrected chi connectivity index (χ0v) is 11.2. The van der Waals surface area contributed by atoms with Gasteiger partial charge in [-0.25, -0.2) is 0 Å². The molecule has 0 saturated heterocycles. The summed E-state index contributed by atoms with van der Waals surface area (Å²) >= 11 is 0. The fourth-order valence-corrected chi connectivity index (χ4v) is 1.55. The predicted octanol–water partition coefficient (Wildman–Crippen LogP) is -2.82. The van der Waals surface area contributed by atoms with E-state index in [9.17, 15) is 27.9 Å². The average molecular weight is 260 g/mol. The minimum Gasteiger partial charge on any atom is -0.875 e. The van der Waals surface area contributed by atoms with E-state index in [0.29, 0.717) is 6.08 Å². The molecule has 8 heteroatoms. The van der Waals surface area contributed by atoms with Crippen LogP contribution in [0.15, 0.2) is 11.8 Å². The number of rotatable bonds is 1. The molecule has 17 heavy (non-hydrogen) atoms. The largest absolute Gasteiger partial charge is 1.00 e. The molecular formula is C9H8F3NaO4. The molecule has 1 aliphatic rings. The van der Waals surface area contributed by atoms with Gasteiger partial charge in [-0.05, 0) is 12.5 Å². The Morgan fingerprint density at radius 1 is 1.53 bits per heavy atom. The summed E-state index contributed by atoms with van der Waals surface area (Å²) in [4.78, 5) is 22.3. The molecule has 0 bridgehead atoms. The average Bonchev–Trinajstić information content (AvgIpc) is 2.14. The number of hydrogen-bond acceptors (Lipinski definition) is 4. The third-order valence-corrected chi connectivity index (χ3v) is 2.31. The Bertz CT molecular complexity index is 351. The van der Waals surface area contributed by atoms with Gasteiger partial charge in [0.2, 0.25) is 0 Å². The van der Waals surface area contributed by atoms with Crippen molar-refractivity contribution in [3.63, 3.8) is 0 Å². The Kier molecular flexibility index (Phi) is 5.70. The molecule has 0 aromatic rings. The number of allylic oxidation sites excluding steroid dienone is 2. The van der Waals surface area contributed by atoms with Gasteiger partial charge < -0.3 is 9.84 Å². The Morgan fingerprint density at radius 3 is 2.47 bits per heavy atom. The maximum Gasteiger partial charge on any atom is 1.00 e. The maximum absolute atomic E-state index is 12.5. The van der Waals surface area contributed by atoms with E-state index in [1.807, 2.05) is 0 Å². The predicted molar refractivity (Wildman–Crippen MR) is 42.8 cm³/mol. The van der Waals surface area contributed by atoms with Crippen molar-refractivity contribution in [3.05, 3.63) is 11.8 Å². The summed E-state index contributed by atoms with van der Waals surface area (Å²) < 4.78 is 41.7. The number of carbonyl (C=O) groups is 2. The van der Waals surface area contributed by atoms with Crippen molar-refractivity contribution in [1.82, 2.24) is 0 Å². The molecule has 90 valence electrons. The fraction of sp³-hybridized carbons (Fsp3) is 0.556. The molecule has 0 saturated carbocycles. The molecule has 0 radical (unpaired) electrons. The van der Waals surface area contributed by atoms with Gasteiger partial charge in [0.1, 0.15) is 5.92 Å². The molecule has 4 nitrogen and oxygen atoms in total. The first kappa shape index (κ1) is 16.5. The van der Waals surface area contributed by atoms with E-state index in [2.05, 4.69) is 4.74 Å². The minimum absolute atomic E-state index is 0. The zero-order chi connectivity index (χ0) is 12.5. The van der Waals surface area contributed by atoms with Crippen molar-refractivity contribution in [2.75, 3.05) is 7.11 Å². The van der Waals surface area contributed by atoms with Crippen molar-refractivity contribution >= 4 is 11.8 Å². The van der Waals surface area contributed by atoms with E-state index < -0.39 is 41.9 Å². The van der Waals surface area contributed by atoms with Gasteiger partial charge in [0, 0.05) is 0 Å². The molecular weight excluding hydrogens is 252 g/mol. The molecule has 0 aromatic carbocycles. The van der Waals surface area contributed by atoms with Crippen LogP contribution in [0.5, 0.6) is 0 Å². The first-order valence-electron chi connectivity index (χ1n) is 4.33. The third kappa shape index (κ3) is 3.72. The van der Waals surface area contributed by atoms with E-state index in [-0.39, 0.29) is 29.6 Å². The van der Waals surface area contributed by atoms with Crippen LogP contribution in [0.1, 0.15) is 6.42 Å². The second kappa shape index (κ2) is 5.88. The molecule has 0 aromatic heterocycles. The summed E-state index contributed by atoms with van der Waals surface area (Å²) in [5.74, 6) is -7.58. The molecule has 2 unspecified atom stereocenters. The van der Waals surface area contributed by atoms with Crippen LogP contribution in [0.4, 0.5) is 13.2 Å². The molecule has 0 N–H and O–H groups in total. The van der Waals surface area contributed by atoms with Crippen molar-refractivity contribution in [3.8, 4) is 0 Å². The van der Waals surface area contributed by atoms with Crippen LogP contribution in [-0.4, -0.2) is 25.0 Å². The van der Waals surface area contributed by atoms with E-state index in [1.54, 1.807) is 0 Å². The number of ether oxygens (including phenoxy) is 1. The van der Waals surface area contributed by atoms with Crippen molar-refractivity contribution < 1.29 is 62.2 Å². The molecule has 0 fully saturated rings. The molecule has 0 amide bonds. The maximum atomic E-state index is 12.5. The standard InChI is InChI=1S/C9H9F3O4.Na/c1-16-8(15)7-5(9(10,11)12)2-4(13)3-6(7)14;/h3,5,7,13H,2H2,1H3;/q;+1/p-1. The zero-order valence-electron chi connectivity index (χ0n) is 9.21.